The maximum atomic E-state index is 12.0. The Morgan fingerprint density at radius 2 is 2.00 bits per heavy atom. The maximum absolute atomic E-state index is 12.0. The number of nitriles is 1. The van der Waals surface area contributed by atoms with Crippen LogP contribution < -0.4 is 4.90 Å². The average Bonchev–Trinajstić information content (AvgIpc) is 2.26. The summed E-state index contributed by atoms with van der Waals surface area (Å²) in [6, 6.07) is 9.10. The molecule has 1 rings (SSSR count). The number of benzene rings is 1. The van der Waals surface area contributed by atoms with Crippen LogP contribution in [0.15, 0.2) is 24.3 Å². The topological polar surface area (TPSA) is 44.1 Å². The molecular formula is C13H16N2O. The largest absolute Gasteiger partial charge is 0.315 e. The van der Waals surface area contributed by atoms with Gasteiger partial charge in [-0.25, -0.2) is 0 Å². The summed E-state index contributed by atoms with van der Waals surface area (Å²) in [6.07, 6.45) is 0. The Labute approximate surface area is 96.3 Å². The third-order valence-electron chi connectivity index (χ3n) is 2.31. The zero-order valence-electron chi connectivity index (χ0n) is 10.1. The number of hydrogen-bond acceptors (Lipinski definition) is 2. The lowest BCUT2D eigenvalue weighted by Gasteiger charge is -2.26. The molecule has 0 fully saturated rings. The lowest BCUT2D eigenvalue weighted by Crippen LogP contribution is -2.36. The summed E-state index contributed by atoms with van der Waals surface area (Å²) < 4.78 is 0. The number of carbonyl (C=O) groups is 1. The summed E-state index contributed by atoms with van der Waals surface area (Å²) in [5.74, 6) is 0.0302. The molecule has 3 heteroatoms. The molecule has 1 aromatic rings. The van der Waals surface area contributed by atoms with Gasteiger partial charge in [-0.3, -0.25) is 4.79 Å². The molecule has 0 aliphatic heterocycles. The van der Waals surface area contributed by atoms with E-state index in [9.17, 15) is 4.79 Å². The van der Waals surface area contributed by atoms with Crippen molar-refractivity contribution in [3.8, 4) is 6.07 Å². The highest BCUT2D eigenvalue weighted by molar-refractivity contribution is 5.96. The zero-order chi connectivity index (χ0) is 12.3. The predicted molar refractivity (Wildman–Crippen MR) is 64.0 cm³/mol. The van der Waals surface area contributed by atoms with Gasteiger partial charge in [-0.1, -0.05) is 26.8 Å². The number of carbonyl (C=O) groups excluding carboxylic acids is 1. The van der Waals surface area contributed by atoms with Crippen LogP contribution in [0.25, 0.3) is 0 Å². The van der Waals surface area contributed by atoms with Crippen molar-refractivity contribution < 1.29 is 4.79 Å². The highest BCUT2D eigenvalue weighted by Crippen LogP contribution is 2.22. The minimum atomic E-state index is -0.419. The van der Waals surface area contributed by atoms with Crippen molar-refractivity contribution in [1.29, 1.82) is 5.26 Å². The predicted octanol–water partition coefficient (Wildman–Crippen LogP) is 2.57. The number of hydrogen-bond donors (Lipinski definition) is 0. The highest BCUT2D eigenvalue weighted by atomic mass is 16.2. The second-order valence-electron chi connectivity index (χ2n) is 4.78. The van der Waals surface area contributed by atoms with Gasteiger partial charge in [-0.15, -0.1) is 0 Å². The van der Waals surface area contributed by atoms with Gasteiger partial charge in [-0.05, 0) is 18.2 Å². The first-order chi connectivity index (χ1) is 7.36. The van der Waals surface area contributed by atoms with Gasteiger partial charge < -0.3 is 4.90 Å². The Bertz CT molecular complexity index is 438. The van der Waals surface area contributed by atoms with Crippen molar-refractivity contribution in [3.05, 3.63) is 29.8 Å². The van der Waals surface area contributed by atoms with E-state index >= 15 is 0 Å². The van der Waals surface area contributed by atoms with E-state index < -0.39 is 5.41 Å². The van der Waals surface area contributed by atoms with Gasteiger partial charge in [0, 0.05) is 18.2 Å². The molecule has 0 saturated heterocycles. The molecule has 0 saturated carbocycles. The van der Waals surface area contributed by atoms with Crippen LogP contribution >= 0.6 is 0 Å². The molecule has 16 heavy (non-hydrogen) atoms. The Balaban J connectivity index is 3.02. The highest BCUT2D eigenvalue weighted by Gasteiger charge is 2.25. The first-order valence-electron chi connectivity index (χ1n) is 5.14. The molecule has 1 amide bonds. The van der Waals surface area contributed by atoms with E-state index in [4.69, 9.17) is 5.26 Å². The second-order valence-corrected chi connectivity index (χ2v) is 4.78. The van der Waals surface area contributed by atoms with E-state index in [1.807, 2.05) is 26.8 Å². The van der Waals surface area contributed by atoms with Crippen molar-refractivity contribution in [1.82, 2.24) is 0 Å². The van der Waals surface area contributed by atoms with Gasteiger partial charge in [-0.2, -0.15) is 5.26 Å². The smallest absolute Gasteiger partial charge is 0.232 e. The monoisotopic (exact) mass is 216 g/mol. The zero-order valence-corrected chi connectivity index (χ0v) is 10.1. The summed E-state index contributed by atoms with van der Waals surface area (Å²) in [4.78, 5) is 13.6. The lowest BCUT2D eigenvalue weighted by atomic mass is 9.94. The average molecular weight is 216 g/mol. The summed E-state index contributed by atoms with van der Waals surface area (Å²) >= 11 is 0. The third-order valence-corrected chi connectivity index (χ3v) is 2.31. The van der Waals surface area contributed by atoms with Crippen molar-refractivity contribution >= 4 is 11.6 Å². The summed E-state index contributed by atoms with van der Waals surface area (Å²) in [5, 5.41) is 8.79. The first kappa shape index (κ1) is 12.3. The molecule has 0 N–H and O–H groups in total. The molecular weight excluding hydrogens is 200 g/mol. The van der Waals surface area contributed by atoms with Gasteiger partial charge in [0.05, 0.1) is 11.6 Å². The molecule has 0 aliphatic carbocycles. The van der Waals surface area contributed by atoms with Crippen LogP contribution in [-0.4, -0.2) is 13.0 Å². The van der Waals surface area contributed by atoms with E-state index in [0.717, 1.165) is 5.69 Å². The van der Waals surface area contributed by atoms with E-state index in [-0.39, 0.29) is 5.91 Å². The fourth-order valence-corrected chi connectivity index (χ4v) is 1.40. The van der Waals surface area contributed by atoms with E-state index in [1.54, 1.807) is 30.1 Å². The second kappa shape index (κ2) is 4.36. The minimum Gasteiger partial charge on any atom is -0.315 e. The van der Waals surface area contributed by atoms with Gasteiger partial charge in [0.1, 0.15) is 0 Å². The van der Waals surface area contributed by atoms with Crippen molar-refractivity contribution in [3.63, 3.8) is 0 Å². The van der Waals surface area contributed by atoms with E-state index in [2.05, 4.69) is 6.07 Å². The molecule has 0 unspecified atom stereocenters. The molecule has 1 aromatic carbocycles. The molecule has 0 bridgehead atoms. The molecule has 0 heterocycles. The molecule has 0 radical (unpaired) electrons. The van der Waals surface area contributed by atoms with Crippen LogP contribution in [0.1, 0.15) is 26.3 Å². The lowest BCUT2D eigenvalue weighted by molar-refractivity contribution is -0.125. The Hall–Kier alpha value is -1.82. The number of amides is 1. The summed E-state index contributed by atoms with van der Waals surface area (Å²) in [6.45, 7) is 5.62. The van der Waals surface area contributed by atoms with Gasteiger partial charge in [0.25, 0.3) is 0 Å². The van der Waals surface area contributed by atoms with Crippen LogP contribution in [-0.2, 0) is 4.79 Å². The van der Waals surface area contributed by atoms with Crippen molar-refractivity contribution in [2.75, 3.05) is 11.9 Å². The van der Waals surface area contributed by atoms with E-state index in [0.29, 0.717) is 5.56 Å². The third kappa shape index (κ3) is 2.60. The fraction of sp³-hybridized carbons (Fsp3) is 0.385. The quantitative estimate of drug-likeness (QED) is 0.724. The van der Waals surface area contributed by atoms with Gasteiger partial charge in [0.2, 0.25) is 5.91 Å². The van der Waals surface area contributed by atoms with Gasteiger partial charge >= 0.3 is 0 Å². The van der Waals surface area contributed by atoms with E-state index in [1.165, 1.54) is 0 Å². The summed E-state index contributed by atoms with van der Waals surface area (Å²) in [7, 11) is 1.73. The van der Waals surface area contributed by atoms with Gasteiger partial charge in [0.15, 0.2) is 0 Å². The molecule has 0 aromatic heterocycles. The van der Waals surface area contributed by atoms with Crippen molar-refractivity contribution in [2.45, 2.75) is 20.8 Å². The minimum absolute atomic E-state index is 0.0302. The van der Waals surface area contributed by atoms with Crippen LogP contribution in [0.2, 0.25) is 0 Å². The molecule has 3 nitrogen and oxygen atoms in total. The number of anilines is 1. The standard InChI is InChI=1S/C13H16N2O/c1-13(2,3)12(16)15(4)11-7-5-6-10(8-11)9-14/h5-8H,1-4H3. The molecule has 0 atom stereocenters. The Morgan fingerprint density at radius 1 is 1.38 bits per heavy atom. The first-order valence-corrected chi connectivity index (χ1v) is 5.14. The van der Waals surface area contributed by atoms with Crippen molar-refractivity contribution in [2.24, 2.45) is 5.41 Å². The SMILES string of the molecule is CN(C(=O)C(C)(C)C)c1cccc(C#N)c1. The molecule has 0 spiro atoms. The molecule has 84 valence electrons. The maximum Gasteiger partial charge on any atom is 0.232 e. The summed E-state index contributed by atoms with van der Waals surface area (Å²) in [5.41, 5.74) is 0.891. The Kier molecular flexibility index (Phi) is 3.34. The Morgan fingerprint density at radius 3 is 2.50 bits per heavy atom. The van der Waals surface area contributed by atoms with Crippen LogP contribution in [0.4, 0.5) is 5.69 Å². The van der Waals surface area contributed by atoms with Crippen LogP contribution in [0, 0.1) is 16.7 Å². The number of rotatable bonds is 1. The van der Waals surface area contributed by atoms with Crippen LogP contribution in [0.5, 0.6) is 0 Å². The fourth-order valence-electron chi connectivity index (χ4n) is 1.40. The van der Waals surface area contributed by atoms with Crippen LogP contribution in [0.3, 0.4) is 0 Å². The number of nitrogens with zero attached hydrogens (tertiary/aromatic N) is 2. The molecule has 0 aliphatic rings. The normalized spacial score (nSPS) is 10.7.